The summed E-state index contributed by atoms with van der Waals surface area (Å²) in [5.74, 6) is -0.151. The van der Waals surface area contributed by atoms with E-state index in [1.165, 1.54) is 0 Å². The molecule has 0 bridgehead atoms. The first kappa shape index (κ1) is 13.8. The molecule has 1 heterocycles. The van der Waals surface area contributed by atoms with Crippen molar-refractivity contribution in [2.24, 2.45) is 0 Å². The summed E-state index contributed by atoms with van der Waals surface area (Å²) in [6.07, 6.45) is 3.09. The van der Waals surface area contributed by atoms with E-state index in [-0.39, 0.29) is 17.7 Å². The van der Waals surface area contributed by atoms with Gasteiger partial charge in [0.05, 0.1) is 12.1 Å². The topological polar surface area (TPSA) is 75.4 Å². The molecule has 1 aliphatic carbocycles. The van der Waals surface area contributed by atoms with Crippen LogP contribution in [0.2, 0.25) is 0 Å². The lowest BCUT2D eigenvalue weighted by atomic mass is 9.92. The third kappa shape index (κ3) is 3.13. The molecular formula is C16H18N2O3. The molecule has 1 amide bonds. The molecule has 3 rings (SSSR count). The monoisotopic (exact) mass is 286 g/mol. The standard InChI is InChI=1S/C16H18N2O3/c19-14-9-5-4-8-12(14)17-16(20)15-10-13(18-21-15)11-6-2-1-3-7-11/h1-3,6-7,10,12,14,19H,4-5,8-9H2,(H,17,20)/t12-,14-/m0/s1. The number of aliphatic hydroxyl groups is 1. The molecule has 2 atom stereocenters. The zero-order chi connectivity index (χ0) is 14.7. The molecule has 0 saturated heterocycles. The Morgan fingerprint density at radius 2 is 2.00 bits per heavy atom. The molecule has 0 aliphatic heterocycles. The summed E-state index contributed by atoms with van der Waals surface area (Å²) < 4.78 is 5.11. The highest BCUT2D eigenvalue weighted by molar-refractivity contribution is 5.92. The van der Waals surface area contributed by atoms with Crippen molar-refractivity contribution in [1.82, 2.24) is 10.5 Å². The predicted octanol–water partition coefficient (Wildman–Crippen LogP) is 2.37. The van der Waals surface area contributed by atoms with Crippen molar-refractivity contribution in [2.45, 2.75) is 37.8 Å². The normalized spacial score (nSPS) is 22.0. The zero-order valence-electron chi connectivity index (χ0n) is 11.7. The molecule has 0 radical (unpaired) electrons. The van der Waals surface area contributed by atoms with Gasteiger partial charge in [0.15, 0.2) is 0 Å². The van der Waals surface area contributed by atoms with Crippen molar-refractivity contribution in [2.75, 3.05) is 0 Å². The van der Waals surface area contributed by atoms with Gasteiger partial charge in [-0.1, -0.05) is 48.3 Å². The maximum atomic E-state index is 12.1. The van der Waals surface area contributed by atoms with Gasteiger partial charge in [-0.2, -0.15) is 0 Å². The lowest BCUT2D eigenvalue weighted by Crippen LogP contribution is -2.44. The van der Waals surface area contributed by atoms with Crippen LogP contribution in [0.5, 0.6) is 0 Å². The lowest BCUT2D eigenvalue weighted by Gasteiger charge is -2.27. The number of aliphatic hydroxyl groups excluding tert-OH is 1. The average molecular weight is 286 g/mol. The summed E-state index contributed by atoms with van der Waals surface area (Å²) in [5, 5.41) is 16.6. The lowest BCUT2D eigenvalue weighted by molar-refractivity contribution is 0.0692. The zero-order valence-corrected chi connectivity index (χ0v) is 11.7. The molecular weight excluding hydrogens is 268 g/mol. The van der Waals surface area contributed by atoms with Crippen molar-refractivity contribution in [3.63, 3.8) is 0 Å². The Balaban J connectivity index is 1.69. The van der Waals surface area contributed by atoms with Crippen LogP contribution in [0.15, 0.2) is 40.9 Å². The second kappa shape index (κ2) is 6.10. The number of hydrogen-bond donors (Lipinski definition) is 2. The number of nitrogens with zero attached hydrogens (tertiary/aromatic N) is 1. The molecule has 0 unspecified atom stereocenters. The number of amides is 1. The van der Waals surface area contributed by atoms with E-state index >= 15 is 0 Å². The Labute approximate surface area is 123 Å². The minimum atomic E-state index is -0.473. The summed E-state index contributed by atoms with van der Waals surface area (Å²) in [7, 11) is 0. The third-order valence-corrected chi connectivity index (χ3v) is 3.85. The molecule has 1 fully saturated rings. The molecule has 1 aromatic carbocycles. The van der Waals surface area contributed by atoms with Gasteiger partial charge in [0, 0.05) is 11.6 Å². The highest BCUT2D eigenvalue weighted by Crippen LogP contribution is 2.21. The summed E-state index contributed by atoms with van der Waals surface area (Å²) in [4.78, 5) is 12.1. The Morgan fingerprint density at radius 1 is 1.24 bits per heavy atom. The van der Waals surface area contributed by atoms with Gasteiger partial charge in [-0.25, -0.2) is 0 Å². The molecule has 21 heavy (non-hydrogen) atoms. The summed E-state index contributed by atoms with van der Waals surface area (Å²) in [6.45, 7) is 0. The van der Waals surface area contributed by atoms with Gasteiger partial charge >= 0.3 is 0 Å². The molecule has 1 aliphatic rings. The van der Waals surface area contributed by atoms with Gasteiger partial charge in [-0.15, -0.1) is 0 Å². The van der Waals surface area contributed by atoms with E-state index in [0.29, 0.717) is 5.69 Å². The van der Waals surface area contributed by atoms with E-state index in [1.807, 2.05) is 30.3 Å². The van der Waals surface area contributed by atoms with Gasteiger partial charge in [-0.3, -0.25) is 4.79 Å². The van der Waals surface area contributed by atoms with Crippen molar-refractivity contribution in [1.29, 1.82) is 0 Å². The van der Waals surface area contributed by atoms with Crippen LogP contribution in [0.3, 0.4) is 0 Å². The number of carbonyl (C=O) groups is 1. The van der Waals surface area contributed by atoms with Crippen LogP contribution in [-0.2, 0) is 0 Å². The van der Waals surface area contributed by atoms with E-state index in [2.05, 4.69) is 10.5 Å². The molecule has 110 valence electrons. The number of rotatable bonds is 3. The number of benzene rings is 1. The maximum absolute atomic E-state index is 12.1. The fourth-order valence-electron chi connectivity index (χ4n) is 2.65. The van der Waals surface area contributed by atoms with E-state index in [0.717, 1.165) is 31.2 Å². The number of aromatic nitrogens is 1. The van der Waals surface area contributed by atoms with E-state index in [9.17, 15) is 9.90 Å². The minimum Gasteiger partial charge on any atom is -0.391 e. The summed E-state index contributed by atoms with van der Waals surface area (Å²) >= 11 is 0. The number of nitrogens with one attached hydrogen (secondary N) is 1. The highest BCUT2D eigenvalue weighted by atomic mass is 16.5. The number of hydrogen-bond acceptors (Lipinski definition) is 4. The fraction of sp³-hybridized carbons (Fsp3) is 0.375. The maximum Gasteiger partial charge on any atom is 0.290 e. The SMILES string of the molecule is O=C(N[C@H]1CCCC[C@@H]1O)c1cc(-c2ccccc2)no1. The first-order valence-electron chi connectivity index (χ1n) is 7.25. The van der Waals surface area contributed by atoms with Crippen LogP contribution in [0.4, 0.5) is 0 Å². The first-order chi connectivity index (χ1) is 10.2. The van der Waals surface area contributed by atoms with E-state index in [1.54, 1.807) is 6.07 Å². The fourth-order valence-corrected chi connectivity index (χ4v) is 2.65. The Bertz CT molecular complexity index is 609. The van der Waals surface area contributed by atoms with Crippen molar-refractivity contribution < 1.29 is 14.4 Å². The minimum absolute atomic E-state index is 0.173. The second-order valence-electron chi connectivity index (χ2n) is 5.37. The van der Waals surface area contributed by atoms with Crippen LogP contribution in [0, 0.1) is 0 Å². The van der Waals surface area contributed by atoms with Crippen molar-refractivity contribution >= 4 is 5.91 Å². The van der Waals surface area contributed by atoms with E-state index in [4.69, 9.17) is 4.52 Å². The van der Waals surface area contributed by atoms with Crippen LogP contribution >= 0.6 is 0 Å². The summed E-state index contributed by atoms with van der Waals surface area (Å²) in [5.41, 5.74) is 1.53. The van der Waals surface area contributed by atoms with Crippen LogP contribution in [-0.4, -0.2) is 28.3 Å². The molecule has 5 nitrogen and oxygen atoms in total. The quantitative estimate of drug-likeness (QED) is 0.908. The molecule has 2 N–H and O–H groups in total. The van der Waals surface area contributed by atoms with E-state index < -0.39 is 6.10 Å². The Kier molecular flexibility index (Phi) is 4.01. The van der Waals surface area contributed by atoms with Gasteiger partial charge < -0.3 is 14.9 Å². The van der Waals surface area contributed by atoms with Crippen LogP contribution < -0.4 is 5.32 Å². The van der Waals surface area contributed by atoms with Crippen molar-refractivity contribution in [3.8, 4) is 11.3 Å². The van der Waals surface area contributed by atoms with Crippen LogP contribution in [0.1, 0.15) is 36.2 Å². The summed E-state index contributed by atoms with van der Waals surface area (Å²) in [6, 6.07) is 11.0. The largest absolute Gasteiger partial charge is 0.391 e. The van der Waals surface area contributed by atoms with Crippen LogP contribution in [0.25, 0.3) is 11.3 Å². The van der Waals surface area contributed by atoms with Gasteiger partial charge in [0.1, 0.15) is 5.69 Å². The number of carbonyl (C=O) groups excluding carboxylic acids is 1. The predicted molar refractivity (Wildman–Crippen MR) is 77.7 cm³/mol. The third-order valence-electron chi connectivity index (χ3n) is 3.85. The molecule has 2 aromatic rings. The second-order valence-corrected chi connectivity index (χ2v) is 5.37. The first-order valence-corrected chi connectivity index (χ1v) is 7.25. The average Bonchev–Trinajstić information content (AvgIpc) is 3.00. The Hall–Kier alpha value is -2.14. The Morgan fingerprint density at radius 3 is 2.76 bits per heavy atom. The molecule has 1 aromatic heterocycles. The molecule has 0 spiro atoms. The highest BCUT2D eigenvalue weighted by Gasteiger charge is 2.26. The van der Waals surface area contributed by atoms with Gasteiger partial charge in [-0.05, 0) is 12.8 Å². The molecule has 1 saturated carbocycles. The smallest absolute Gasteiger partial charge is 0.290 e. The van der Waals surface area contributed by atoms with Gasteiger partial charge in [0.25, 0.3) is 5.91 Å². The molecule has 5 heteroatoms. The van der Waals surface area contributed by atoms with Gasteiger partial charge in [0.2, 0.25) is 5.76 Å². The van der Waals surface area contributed by atoms with Crippen molar-refractivity contribution in [3.05, 3.63) is 42.2 Å².